The number of alkyl halides is 3. The van der Waals surface area contributed by atoms with Gasteiger partial charge in [-0.25, -0.2) is 4.79 Å². The van der Waals surface area contributed by atoms with Crippen LogP contribution in [0.3, 0.4) is 0 Å². The molecule has 0 saturated heterocycles. The predicted molar refractivity (Wildman–Crippen MR) is 75.9 cm³/mol. The van der Waals surface area contributed by atoms with E-state index in [9.17, 15) is 18.0 Å². The van der Waals surface area contributed by atoms with E-state index in [2.05, 4.69) is 9.99 Å². The normalized spacial score (nSPS) is 11.6. The molecule has 2 aromatic rings. The Kier molecular flexibility index (Phi) is 4.82. The van der Waals surface area contributed by atoms with Gasteiger partial charge in [0, 0.05) is 0 Å². The topological polar surface area (TPSA) is 38.7 Å². The Labute approximate surface area is 129 Å². The molecule has 0 atom stereocenters. The van der Waals surface area contributed by atoms with E-state index in [4.69, 9.17) is 11.6 Å². The third-order valence-corrected chi connectivity index (χ3v) is 3.00. The average Bonchev–Trinajstić information content (AvgIpc) is 2.47. The first-order chi connectivity index (χ1) is 10.4. The van der Waals surface area contributed by atoms with Crippen molar-refractivity contribution < 1.29 is 22.8 Å². The highest BCUT2D eigenvalue weighted by Crippen LogP contribution is 2.28. The molecular weight excluding hydrogens is 319 g/mol. The van der Waals surface area contributed by atoms with E-state index in [1.807, 2.05) is 0 Å². The van der Waals surface area contributed by atoms with Gasteiger partial charge in [0.05, 0.1) is 22.4 Å². The molecule has 7 heteroatoms. The number of carbonyl (C=O) groups is 1. The Bertz CT molecular complexity index is 697. The lowest BCUT2D eigenvalue weighted by atomic mass is 10.1. The summed E-state index contributed by atoms with van der Waals surface area (Å²) in [5.41, 5.74) is -0.258. The van der Waals surface area contributed by atoms with E-state index < -0.39 is 17.7 Å². The lowest BCUT2D eigenvalue weighted by molar-refractivity contribution is -0.137. The summed E-state index contributed by atoms with van der Waals surface area (Å²) in [7, 11) is 0. The Morgan fingerprint density at radius 2 is 1.73 bits per heavy atom. The molecule has 0 aliphatic rings. The van der Waals surface area contributed by atoms with Crippen LogP contribution in [0.1, 0.15) is 21.5 Å². The third kappa shape index (κ3) is 4.08. The van der Waals surface area contributed by atoms with Gasteiger partial charge < -0.3 is 4.84 Å². The van der Waals surface area contributed by atoms with Gasteiger partial charge in [-0.3, -0.25) is 0 Å². The van der Waals surface area contributed by atoms with Crippen molar-refractivity contribution in [1.29, 1.82) is 0 Å². The molecule has 0 spiro atoms. The van der Waals surface area contributed by atoms with Gasteiger partial charge in [-0.2, -0.15) is 13.2 Å². The van der Waals surface area contributed by atoms with Crippen LogP contribution in [0.4, 0.5) is 13.2 Å². The van der Waals surface area contributed by atoms with E-state index in [1.165, 1.54) is 24.3 Å². The molecule has 0 aromatic heterocycles. The number of oxime groups is 1. The second-order valence-electron chi connectivity index (χ2n) is 4.21. The fourth-order valence-corrected chi connectivity index (χ4v) is 1.78. The van der Waals surface area contributed by atoms with Crippen LogP contribution in [0.25, 0.3) is 0 Å². The molecule has 0 aliphatic heterocycles. The van der Waals surface area contributed by atoms with E-state index >= 15 is 0 Å². The van der Waals surface area contributed by atoms with Gasteiger partial charge in [-0.15, -0.1) is 0 Å². The fraction of sp³-hybridized carbons (Fsp3) is 0.0667. The third-order valence-electron chi connectivity index (χ3n) is 2.67. The number of halogens is 4. The van der Waals surface area contributed by atoms with Crippen LogP contribution in [-0.2, 0) is 11.0 Å². The summed E-state index contributed by atoms with van der Waals surface area (Å²) in [6, 6.07) is 10.5. The van der Waals surface area contributed by atoms with Gasteiger partial charge >= 0.3 is 12.1 Å². The first-order valence-corrected chi connectivity index (χ1v) is 6.42. The highest BCUT2D eigenvalue weighted by molar-refractivity contribution is 6.33. The van der Waals surface area contributed by atoms with Gasteiger partial charge in [0.2, 0.25) is 0 Å². The van der Waals surface area contributed by atoms with Crippen molar-refractivity contribution in [2.24, 2.45) is 5.16 Å². The molecule has 0 aliphatic carbocycles. The molecule has 3 nitrogen and oxygen atoms in total. The van der Waals surface area contributed by atoms with Gasteiger partial charge in [0.1, 0.15) is 0 Å². The Hall–Kier alpha value is -2.34. The van der Waals surface area contributed by atoms with Crippen LogP contribution in [0.15, 0.2) is 53.7 Å². The average molecular weight is 328 g/mol. The molecule has 0 saturated carbocycles. The predicted octanol–water partition coefficient (Wildman–Crippen LogP) is 4.55. The summed E-state index contributed by atoms with van der Waals surface area (Å²) in [5.74, 6) is -0.756. The van der Waals surface area contributed by atoms with E-state index in [0.29, 0.717) is 5.56 Å². The van der Waals surface area contributed by atoms with E-state index in [1.54, 1.807) is 12.1 Å². The van der Waals surface area contributed by atoms with E-state index in [-0.39, 0.29) is 10.6 Å². The molecule has 0 fully saturated rings. The summed E-state index contributed by atoms with van der Waals surface area (Å²) in [4.78, 5) is 16.3. The van der Waals surface area contributed by atoms with Crippen molar-refractivity contribution >= 4 is 23.8 Å². The van der Waals surface area contributed by atoms with Crippen LogP contribution in [0.5, 0.6) is 0 Å². The Morgan fingerprint density at radius 1 is 1.09 bits per heavy atom. The molecule has 2 aromatic carbocycles. The molecule has 0 unspecified atom stereocenters. The van der Waals surface area contributed by atoms with Crippen molar-refractivity contribution in [2.75, 3.05) is 0 Å². The lowest BCUT2D eigenvalue weighted by Gasteiger charge is -2.05. The minimum absolute atomic E-state index is 0.147. The van der Waals surface area contributed by atoms with E-state index in [0.717, 1.165) is 18.3 Å². The van der Waals surface area contributed by atoms with Gasteiger partial charge in [0.15, 0.2) is 0 Å². The van der Waals surface area contributed by atoms with Crippen molar-refractivity contribution in [1.82, 2.24) is 0 Å². The Morgan fingerprint density at radius 3 is 2.32 bits per heavy atom. The largest absolute Gasteiger partial charge is 0.416 e. The Balaban J connectivity index is 2.01. The molecule has 0 amide bonds. The molecule has 0 N–H and O–H groups in total. The van der Waals surface area contributed by atoms with Gasteiger partial charge in [-0.05, 0) is 29.8 Å². The van der Waals surface area contributed by atoms with Crippen molar-refractivity contribution in [3.63, 3.8) is 0 Å². The molecule has 0 heterocycles. The lowest BCUT2D eigenvalue weighted by Crippen LogP contribution is -2.04. The van der Waals surface area contributed by atoms with Crippen LogP contribution >= 0.6 is 11.6 Å². The van der Waals surface area contributed by atoms with Gasteiger partial charge in [0.25, 0.3) is 0 Å². The summed E-state index contributed by atoms with van der Waals surface area (Å²) in [6.45, 7) is 0. The van der Waals surface area contributed by atoms with Crippen LogP contribution in [0, 0.1) is 0 Å². The molecule has 0 radical (unpaired) electrons. The number of benzene rings is 2. The maximum atomic E-state index is 12.4. The highest BCUT2D eigenvalue weighted by Gasteiger charge is 2.29. The van der Waals surface area contributed by atoms with Crippen molar-refractivity contribution in [3.05, 3.63) is 70.2 Å². The number of hydrogen-bond acceptors (Lipinski definition) is 3. The standard InChI is InChI=1S/C15H9ClF3NO2/c16-13-4-2-1-3-12(13)14(21)22-20-9-10-5-7-11(8-6-10)15(17,18)19/h1-9H. The second-order valence-corrected chi connectivity index (χ2v) is 4.62. The first-order valence-electron chi connectivity index (χ1n) is 6.04. The zero-order chi connectivity index (χ0) is 16.2. The maximum absolute atomic E-state index is 12.4. The SMILES string of the molecule is O=C(ON=Cc1ccc(C(F)(F)F)cc1)c1ccccc1Cl. The zero-order valence-electron chi connectivity index (χ0n) is 11.0. The minimum atomic E-state index is -4.40. The van der Waals surface area contributed by atoms with Gasteiger partial charge in [-0.1, -0.05) is 41.0 Å². The molecular formula is C15H9ClF3NO2. The van der Waals surface area contributed by atoms with Crippen LogP contribution in [-0.4, -0.2) is 12.2 Å². The number of nitrogens with zero attached hydrogens (tertiary/aromatic N) is 1. The summed E-state index contributed by atoms with van der Waals surface area (Å²) in [6.07, 6.45) is -3.26. The number of hydrogen-bond donors (Lipinski definition) is 0. The van der Waals surface area contributed by atoms with Crippen molar-refractivity contribution in [2.45, 2.75) is 6.18 Å². The minimum Gasteiger partial charge on any atom is -0.313 e. The fourth-order valence-electron chi connectivity index (χ4n) is 1.57. The number of rotatable bonds is 3. The smallest absolute Gasteiger partial charge is 0.313 e. The molecule has 2 rings (SSSR count). The first kappa shape index (κ1) is 16.0. The van der Waals surface area contributed by atoms with Crippen molar-refractivity contribution in [3.8, 4) is 0 Å². The summed E-state index contributed by atoms with van der Waals surface area (Å²) < 4.78 is 37.2. The molecule has 0 bridgehead atoms. The van der Waals surface area contributed by atoms with Crippen LogP contribution < -0.4 is 0 Å². The zero-order valence-corrected chi connectivity index (χ0v) is 11.7. The highest BCUT2D eigenvalue weighted by atomic mass is 35.5. The summed E-state index contributed by atoms with van der Waals surface area (Å²) in [5, 5.41) is 3.66. The maximum Gasteiger partial charge on any atom is 0.416 e. The summed E-state index contributed by atoms with van der Waals surface area (Å²) >= 11 is 5.82. The molecule has 22 heavy (non-hydrogen) atoms. The molecule has 114 valence electrons. The van der Waals surface area contributed by atoms with Crippen LogP contribution in [0.2, 0.25) is 5.02 Å². The number of carbonyl (C=O) groups excluding carboxylic acids is 1. The monoisotopic (exact) mass is 327 g/mol. The second kappa shape index (κ2) is 6.62. The quantitative estimate of drug-likeness (QED) is 0.471.